The van der Waals surface area contributed by atoms with Gasteiger partial charge in [0.2, 0.25) is 0 Å². The van der Waals surface area contributed by atoms with E-state index in [0.717, 1.165) is 21.3 Å². The summed E-state index contributed by atoms with van der Waals surface area (Å²) in [5, 5.41) is 2.84. The maximum absolute atomic E-state index is 12.0. The second kappa shape index (κ2) is 5.31. The highest BCUT2D eigenvalue weighted by molar-refractivity contribution is 9.10. The van der Waals surface area contributed by atoms with E-state index in [2.05, 4.69) is 26.2 Å². The number of nitrogens with zero attached hydrogens (tertiary/aromatic N) is 1. The van der Waals surface area contributed by atoms with Crippen LogP contribution in [0.5, 0.6) is 0 Å². The molecule has 3 nitrogen and oxygen atoms in total. The first kappa shape index (κ1) is 12.8. The first-order valence-corrected chi connectivity index (χ1v) is 6.36. The van der Waals surface area contributed by atoms with Crippen LogP contribution in [0.3, 0.4) is 0 Å². The highest BCUT2D eigenvalue weighted by atomic mass is 79.9. The highest BCUT2D eigenvalue weighted by Crippen LogP contribution is 2.21. The summed E-state index contributed by atoms with van der Waals surface area (Å²) in [4.78, 5) is 16.1. The van der Waals surface area contributed by atoms with Crippen LogP contribution >= 0.6 is 15.9 Å². The van der Waals surface area contributed by atoms with Crippen LogP contribution in [0.15, 0.2) is 41.0 Å². The van der Waals surface area contributed by atoms with E-state index in [1.807, 2.05) is 44.2 Å². The van der Waals surface area contributed by atoms with Crippen LogP contribution in [0, 0.1) is 13.8 Å². The third-order valence-electron chi connectivity index (χ3n) is 2.65. The summed E-state index contributed by atoms with van der Waals surface area (Å²) in [7, 11) is 0. The molecule has 92 valence electrons. The lowest BCUT2D eigenvalue weighted by molar-refractivity contribution is 0.102. The van der Waals surface area contributed by atoms with Crippen LogP contribution in [0.1, 0.15) is 21.6 Å². The average Bonchev–Trinajstić information content (AvgIpc) is 2.34. The van der Waals surface area contributed by atoms with Crippen LogP contribution in [0.2, 0.25) is 0 Å². The van der Waals surface area contributed by atoms with Crippen molar-refractivity contribution in [2.24, 2.45) is 0 Å². The van der Waals surface area contributed by atoms with Crippen LogP contribution < -0.4 is 5.32 Å². The van der Waals surface area contributed by atoms with Crippen molar-refractivity contribution < 1.29 is 4.79 Å². The highest BCUT2D eigenvalue weighted by Gasteiger charge is 2.10. The molecule has 0 aliphatic carbocycles. The molecule has 0 unspecified atom stereocenters. The first-order chi connectivity index (χ1) is 8.58. The number of carbonyl (C=O) groups excluding carboxylic acids is 1. The summed E-state index contributed by atoms with van der Waals surface area (Å²) in [6, 6.07) is 9.38. The number of halogens is 1. The number of nitrogens with one attached hydrogen (secondary N) is 1. The van der Waals surface area contributed by atoms with Gasteiger partial charge in [-0.05, 0) is 43.2 Å². The molecule has 0 bridgehead atoms. The molecule has 1 amide bonds. The second-order valence-corrected chi connectivity index (χ2v) is 4.94. The Morgan fingerprint density at radius 1 is 1.22 bits per heavy atom. The Morgan fingerprint density at radius 2 is 2.00 bits per heavy atom. The van der Waals surface area contributed by atoms with Crippen LogP contribution in [-0.2, 0) is 0 Å². The van der Waals surface area contributed by atoms with Crippen molar-refractivity contribution in [3.05, 3.63) is 57.8 Å². The van der Waals surface area contributed by atoms with Crippen molar-refractivity contribution >= 4 is 27.5 Å². The SMILES string of the molecule is Cc1ccc(NC(=O)c2ncccc2C)cc1Br. The van der Waals surface area contributed by atoms with Gasteiger partial charge in [-0.1, -0.05) is 28.1 Å². The van der Waals surface area contributed by atoms with Crippen LogP contribution in [0.25, 0.3) is 0 Å². The number of rotatable bonds is 2. The predicted octanol–water partition coefficient (Wildman–Crippen LogP) is 3.71. The third-order valence-corrected chi connectivity index (χ3v) is 3.51. The molecule has 0 atom stereocenters. The van der Waals surface area contributed by atoms with Crippen molar-refractivity contribution in [1.82, 2.24) is 4.98 Å². The number of hydrogen-bond donors (Lipinski definition) is 1. The Kier molecular flexibility index (Phi) is 3.77. The Hall–Kier alpha value is -1.68. The largest absolute Gasteiger partial charge is 0.321 e. The van der Waals surface area contributed by atoms with Gasteiger partial charge in [-0.3, -0.25) is 9.78 Å². The number of amides is 1. The van der Waals surface area contributed by atoms with E-state index in [1.165, 1.54) is 0 Å². The van der Waals surface area contributed by atoms with Gasteiger partial charge in [0.25, 0.3) is 5.91 Å². The molecule has 1 aromatic heterocycles. The predicted molar refractivity (Wildman–Crippen MR) is 75.8 cm³/mol. The molecule has 1 heterocycles. The van der Waals surface area contributed by atoms with Gasteiger partial charge in [0, 0.05) is 16.4 Å². The Labute approximate surface area is 114 Å². The number of carbonyl (C=O) groups is 1. The number of anilines is 1. The van der Waals surface area contributed by atoms with Gasteiger partial charge in [0.15, 0.2) is 0 Å². The van der Waals surface area contributed by atoms with E-state index < -0.39 is 0 Å². The number of benzene rings is 1. The molecule has 1 N–H and O–H groups in total. The fourth-order valence-electron chi connectivity index (χ4n) is 1.58. The summed E-state index contributed by atoms with van der Waals surface area (Å²) in [6.07, 6.45) is 1.62. The molecule has 2 aromatic rings. The normalized spacial score (nSPS) is 10.2. The number of hydrogen-bond acceptors (Lipinski definition) is 2. The summed E-state index contributed by atoms with van der Waals surface area (Å²) < 4.78 is 0.970. The van der Waals surface area contributed by atoms with E-state index in [-0.39, 0.29) is 5.91 Å². The Morgan fingerprint density at radius 3 is 2.67 bits per heavy atom. The smallest absolute Gasteiger partial charge is 0.274 e. The molecule has 2 rings (SSSR count). The molecule has 0 radical (unpaired) electrons. The number of aromatic nitrogens is 1. The van der Waals surface area contributed by atoms with E-state index >= 15 is 0 Å². The molecule has 4 heteroatoms. The Bertz CT molecular complexity index is 596. The second-order valence-electron chi connectivity index (χ2n) is 4.09. The fraction of sp³-hybridized carbons (Fsp3) is 0.143. The third kappa shape index (κ3) is 2.76. The van der Waals surface area contributed by atoms with Gasteiger partial charge in [0.1, 0.15) is 5.69 Å². The van der Waals surface area contributed by atoms with Gasteiger partial charge in [0.05, 0.1) is 0 Å². The molecule has 0 aliphatic rings. The maximum atomic E-state index is 12.0. The fourth-order valence-corrected chi connectivity index (χ4v) is 1.96. The number of pyridine rings is 1. The minimum absolute atomic E-state index is 0.191. The molecule has 1 aromatic carbocycles. The lowest BCUT2D eigenvalue weighted by Crippen LogP contribution is -2.15. The van der Waals surface area contributed by atoms with E-state index in [0.29, 0.717) is 5.69 Å². The maximum Gasteiger partial charge on any atom is 0.274 e. The van der Waals surface area contributed by atoms with Gasteiger partial charge in [-0.25, -0.2) is 0 Å². The summed E-state index contributed by atoms with van der Waals surface area (Å²) in [5.74, 6) is -0.191. The van der Waals surface area contributed by atoms with Crippen LogP contribution in [-0.4, -0.2) is 10.9 Å². The Balaban J connectivity index is 2.22. The van der Waals surface area contributed by atoms with Gasteiger partial charge in [-0.15, -0.1) is 0 Å². The number of aryl methyl sites for hydroxylation is 2. The summed E-state index contributed by atoms with van der Waals surface area (Å²) in [6.45, 7) is 3.87. The van der Waals surface area contributed by atoms with Gasteiger partial charge >= 0.3 is 0 Å². The average molecular weight is 305 g/mol. The first-order valence-electron chi connectivity index (χ1n) is 5.57. The minimum Gasteiger partial charge on any atom is -0.321 e. The monoisotopic (exact) mass is 304 g/mol. The van der Waals surface area contributed by atoms with Crippen molar-refractivity contribution in [3.8, 4) is 0 Å². The summed E-state index contributed by atoms with van der Waals surface area (Å²) in [5.41, 5.74) is 3.19. The van der Waals surface area contributed by atoms with Crippen molar-refractivity contribution in [3.63, 3.8) is 0 Å². The van der Waals surface area contributed by atoms with E-state index in [1.54, 1.807) is 6.20 Å². The molecule has 0 saturated heterocycles. The lowest BCUT2D eigenvalue weighted by Gasteiger charge is -2.08. The quantitative estimate of drug-likeness (QED) is 0.919. The minimum atomic E-state index is -0.191. The zero-order valence-electron chi connectivity index (χ0n) is 10.2. The summed E-state index contributed by atoms with van der Waals surface area (Å²) >= 11 is 3.44. The lowest BCUT2D eigenvalue weighted by atomic mass is 10.2. The molecule has 18 heavy (non-hydrogen) atoms. The zero-order valence-corrected chi connectivity index (χ0v) is 11.8. The van der Waals surface area contributed by atoms with Crippen molar-refractivity contribution in [2.75, 3.05) is 5.32 Å². The topological polar surface area (TPSA) is 42.0 Å². The zero-order chi connectivity index (χ0) is 13.1. The van der Waals surface area contributed by atoms with Crippen molar-refractivity contribution in [2.45, 2.75) is 13.8 Å². The molecule has 0 spiro atoms. The molecular weight excluding hydrogens is 292 g/mol. The molecule has 0 saturated carbocycles. The molecular formula is C14H13BrN2O. The van der Waals surface area contributed by atoms with E-state index in [4.69, 9.17) is 0 Å². The molecule has 0 aliphatic heterocycles. The van der Waals surface area contributed by atoms with Gasteiger partial charge < -0.3 is 5.32 Å². The standard InChI is InChI=1S/C14H13BrN2O/c1-9-5-6-11(8-12(9)15)17-14(18)13-10(2)4-3-7-16-13/h3-8H,1-2H3,(H,17,18). The van der Waals surface area contributed by atoms with E-state index in [9.17, 15) is 4.79 Å². The van der Waals surface area contributed by atoms with Crippen molar-refractivity contribution in [1.29, 1.82) is 0 Å². The molecule has 0 fully saturated rings. The van der Waals surface area contributed by atoms with Gasteiger partial charge in [-0.2, -0.15) is 0 Å². The van der Waals surface area contributed by atoms with Crippen LogP contribution in [0.4, 0.5) is 5.69 Å².